The van der Waals surface area contributed by atoms with E-state index in [4.69, 9.17) is 85.6 Å². The topological polar surface area (TPSA) is 186 Å². The summed E-state index contributed by atoms with van der Waals surface area (Å²) in [4.78, 5) is 13.0. The molecule has 1 aliphatic carbocycles. The number of hydrogen-bond donors (Lipinski definition) is 1. The molecule has 68 heavy (non-hydrogen) atoms. The number of phenols is 1. The quantitative estimate of drug-likeness (QED) is 0.0383. The SMILES string of the molecule is CCOOC1(OCC)C(OCC)(OCC)C(OCC)(OCC)C(OCC)(C(c2ccc(O)cc2)(C(OCC)(OCC)OCC)C(OCC)(OCC)OCC)C(OCC)(OCC)C1(OCC)OCC. The average Bonchev–Trinajstić information content (AvgIpc) is 3.30. The third kappa shape index (κ3) is 9.54. The van der Waals surface area contributed by atoms with Crippen LogP contribution in [0.2, 0.25) is 0 Å². The van der Waals surface area contributed by atoms with Crippen LogP contribution < -0.4 is 0 Å². The molecule has 0 heterocycles. The van der Waals surface area contributed by atoms with Gasteiger partial charge < -0.3 is 80.9 Å². The largest absolute Gasteiger partial charge is 0.508 e. The molecule has 1 N–H and O–H groups in total. The van der Waals surface area contributed by atoms with E-state index in [0.717, 1.165) is 0 Å². The monoisotopic (exact) mass is 983 g/mol. The van der Waals surface area contributed by atoms with Crippen molar-refractivity contribution in [3.8, 4) is 5.75 Å². The third-order valence-corrected chi connectivity index (χ3v) is 11.2. The molecule has 0 radical (unpaired) electrons. The molecule has 0 saturated heterocycles. The maximum absolute atomic E-state index is 11.3. The minimum atomic E-state index is -2.87. The minimum absolute atomic E-state index is 0.0394. The fourth-order valence-corrected chi connectivity index (χ4v) is 10.3. The second-order valence-corrected chi connectivity index (χ2v) is 14.6. The number of rotatable bonds is 39. The predicted octanol–water partition coefficient (Wildman–Crippen LogP) is 7.72. The molecule has 0 aliphatic heterocycles. The van der Waals surface area contributed by atoms with Gasteiger partial charge in [-0.25, -0.2) is 4.89 Å². The first kappa shape index (κ1) is 62.4. The van der Waals surface area contributed by atoms with E-state index in [1.54, 1.807) is 130 Å². The van der Waals surface area contributed by atoms with Crippen molar-refractivity contribution < 1.29 is 90.7 Å². The maximum atomic E-state index is 11.3. The zero-order valence-corrected chi connectivity index (χ0v) is 44.6. The predicted molar refractivity (Wildman–Crippen MR) is 250 cm³/mol. The van der Waals surface area contributed by atoms with Crippen molar-refractivity contribution in [1.29, 1.82) is 0 Å². The van der Waals surface area contributed by atoms with Crippen LogP contribution in [0.3, 0.4) is 0 Å². The van der Waals surface area contributed by atoms with Crippen molar-refractivity contribution >= 4 is 0 Å². The molecule has 1 aromatic carbocycles. The lowest BCUT2D eigenvalue weighted by Gasteiger charge is -2.77. The first-order chi connectivity index (χ1) is 32.8. The number of benzene rings is 1. The van der Waals surface area contributed by atoms with Crippen LogP contribution in [0.15, 0.2) is 24.3 Å². The standard InChI is InChI=1S/C49H90O19/c1-18-51-42(41(39-35-37-40(50)38-36-39,48(61-28-11,62-29-12)63-30-13)49(64-31-14,65-32-15)66-33-16)43(52-19-2,53-20-3)45(56-23-6,57-24-7)47(60-27-10,68-67-34-17)46(58-25-8,59-26-9)44(42,54-21-4)55-22-5/h35-38,50H,18-34H2,1-17H3. The molecule has 1 fully saturated rings. The summed E-state index contributed by atoms with van der Waals surface area (Å²) in [5.41, 5.74) is -5.39. The Labute approximate surface area is 407 Å². The van der Waals surface area contributed by atoms with Gasteiger partial charge >= 0.3 is 17.7 Å². The summed E-state index contributed by atoms with van der Waals surface area (Å²) in [5, 5.41) is 11.3. The molecule has 19 nitrogen and oxygen atoms in total. The summed E-state index contributed by atoms with van der Waals surface area (Å²) in [6, 6.07) is 6.18. The molecule has 1 aromatic rings. The lowest BCUT2D eigenvalue weighted by Crippen LogP contribution is -3.04. The lowest BCUT2D eigenvalue weighted by atomic mass is 9.48. The van der Waals surface area contributed by atoms with E-state index in [0.29, 0.717) is 0 Å². The summed E-state index contributed by atoms with van der Waals surface area (Å²) in [5.74, 6) is -18.9. The van der Waals surface area contributed by atoms with Gasteiger partial charge in [0, 0.05) is 106 Å². The Morgan fingerprint density at radius 2 is 0.588 bits per heavy atom. The van der Waals surface area contributed by atoms with Crippen LogP contribution in [0.1, 0.15) is 123 Å². The molecular formula is C49H90O19. The minimum Gasteiger partial charge on any atom is -0.508 e. The number of phenolic OH excluding ortho intramolecular Hbond substituents is 1. The van der Waals surface area contributed by atoms with E-state index in [9.17, 15) is 5.11 Å². The maximum Gasteiger partial charge on any atom is 0.322 e. The number of aromatic hydroxyl groups is 1. The molecule has 1 saturated carbocycles. The van der Waals surface area contributed by atoms with Gasteiger partial charge in [-0.1, -0.05) is 12.1 Å². The molecule has 1 aliphatic rings. The first-order valence-corrected chi connectivity index (χ1v) is 25.1. The first-order valence-electron chi connectivity index (χ1n) is 25.1. The number of hydrogen-bond acceptors (Lipinski definition) is 19. The molecule has 0 bridgehead atoms. The molecule has 400 valence electrons. The Hall–Kier alpha value is -1.70. The van der Waals surface area contributed by atoms with Gasteiger partial charge in [0.2, 0.25) is 5.60 Å². The highest BCUT2D eigenvalue weighted by Gasteiger charge is 3.05. The van der Waals surface area contributed by atoms with Crippen LogP contribution in [0.4, 0.5) is 0 Å². The zero-order chi connectivity index (χ0) is 51.2. The Kier molecular flexibility index (Phi) is 26.2. The van der Waals surface area contributed by atoms with Gasteiger partial charge in [-0.3, -0.25) is 0 Å². The van der Waals surface area contributed by atoms with Crippen LogP contribution in [0, 0.1) is 0 Å². The normalized spacial score (nSPS) is 21.4. The summed E-state index contributed by atoms with van der Waals surface area (Å²) in [6.45, 7) is 27.7. The molecule has 0 aromatic heterocycles. The van der Waals surface area contributed by atoms with Crippen molar-refractivity contribution in [3.63, 3.8) is 0 Å². The van der Waals surface area contributed by atoms with Gasteiger partial charge in [-0.2, -0.15) is 4.89 Å². The highest BCUT2D eigenvalue weighted by molar-refractivity contribution is 5.47. The van der Waals surface area contributed by atoms with E-state index >= 15 is 0 Å². The van der Waals surface area contributed by atoms with Gasteiger partial charge in [0.1, 0.15) is 5.75 Å². The van der Waals surface area contributed by atoms with E-state index < -0.39 is 51.9 Å². The van der Waals surface area contributed by atoms with Crippen LogP contribution in [0.5, 0.6) is 5.75 Å². The van der Waals surface area contributed by atoms with Crippen LogP contribution in [-0.4, -0.2) is 164 Å². The fraction of sp³-hybridized carbons (Fsp3) is 0.878. The van der Waals surface area contributed by atoms with Crippen LogP contribution in [0.25, 0.3) is 0 Å². The van der Waals surface area contributed by atoms with Crippen LogP contribution in [-0.2, 0) is 91.0 Å². The Balaban J connectivity index is 4.53. The van der Waals surface area contributed by atoms with Crippen molar-refractivity contribution in [2.24, 2.45) is 0 Å². The van der Waals surface area contributed by atoms with Crippen molar-refractivity contribution in [2.45, 2.75) is 170 Å². The molecule has 2 rings (SSSR count). The third-order valence-electron chi connectivity index (χ3n) is 11.2. The molecule has 0 spiro atoms. The second kappa shape index (κ2) is 28.5. The van der Waals surface area contributed by atoms with Gasteiger partial charge in [-0.15, -0.1) is 0 Å². The highest BCUT2D eigenvalue weighted by Crippen LogP contribution is 2.76. The van der Waals surface area contributed by atoms with Gasteiger partial charge in [-0.05, 0) is 135 Å². The summed E-state index contributed by atoms with van der Waals surface area (Å²) in [7, 11) is 0. The number of ether oxygens (including phenoxy) is 16. The smallest absolute Gasteiger partial charge is 0.322 e. The Morgan fingerprint density at radius 1 is 0.324 bits per heavy atom. The molecule has 0 amide bonds. The van der Waals surface area contributed by atoms with Gasteiger partial charge in [0.25, 0.3) is 23.1 Å². The molecule has 19 heteroatoms. The van der Waals surface area contributed by atoms with Crippen molar-refractivity contribution in [2.75, 3.05) is 112 Å². The molecule has 0 unspecified atom stereocenters. The highest BCUT2D eigenvalue weighted by atomic mass is 17.2. The van der Waals surface area contributed by atoms with E-state index in [1.807, 2.05) is 0 Å². The van der Waals surface area contributed by atoms with E-state index in [2.05, 4.69) is 0 Å². The lowest BCUT2D eigenvalue weighted by molar-refractivity contribution is -0.685. The van der Waals surface area contributed by atoms with E-state index in [-0.39, 0.29) is 124 Å². The zero-order valence-electron chi connectivity index (χ0n) is 44.6. The van der Waals surface area contributed by atoms with Gasteiger partial charge in [0.15, 0.2) is 5.41 Å². The van der Waals surface area contributed by atoms with Crippen LogP contribution >= 0.6 is 0 Å². The van der Waals surface area contributed by atoms with Crippen molar-refractivity contribution in [3.05, 3.63) is 29.8 Å². The average molecular weight is 983 g/mol. The Morgan fingerprint density at radius 3 is 0.838 bits per heavy atom. The Bertz CT molecular complexity index is 1380. The van der Waals surface area contributed by atoms with Gasteiger partial charge in [0.05, 0.1) is 6.61 Å². The summed E-state index contributed by atoms with van der Waals surface area (Å²) < 4.78 is 117. The fourth-order valence-electron chi connectivity index (χ4n) is 10.3. The summed E-state index contributed by atoms with van der Waals surface area (Å²) >= 11 is 0. The van der Waals surface area contributed by atoms with Crippen molar-refractivity contribution in [1.82, 2.24) is 0 Å². The summed E-state index contributed by atoms with van der Waals surface area (Å²) in [6.07, 6.45) is 0. The second-order valence-electron chi connectivity index (χ2n) is 14.6. The molecular weight excluding hydrogens is 893 g/mol. The molecule has 0 atom stereocenters. The van der Waals surface area contributed by atoms with E-state index in [1.165, 1.54) is 12.1 Å².